The number of aliphatic carboxylic acids is 1. The van der Waals surface area contributed by atoms with Crippen LogP contribution in [0.2, 0.25) is 0 Å². The molecule has 1 unspecified atom stereocenters. The van der Waals surface area contributed by atoms with Gasteiger partial charge in [-0.05, 0) is 26.7 Å². The summed E-state index contributed by atoms with van der Waals surface area (Å²) in [6.45, 7) is 7.60. The van der Waals surface area contributed by atoms with Crippen molar-refractivity contribution >= 4 is 11.8 Å². The summed E-state index contributed by atoms with van der Waals surface area (Å²) in [4.78, 5) is 22.2. The van der Waals surface area contributed by atoms with Gasteiger partial charge in [-0.25, -0.2) is 9.97 Å². The summed E-state index contributed by atoms with van der Waals surface area (Å²) < 4.78 is 5.49. The number of carboxylic acid groups (broad SMARTS) is 1. The Morgan fingerprint density at radius 3 is 2.86 bits per heavy atom. The first kappa shape index (κ1) is 15.5. The van der Waals surface area contributed by atoms with Crippen LogP contribution >= 0.6 is 0 Å². The van der Waals surface area contributed by atoms with Gasteiger partial charge in [-0.3, -0.25) is 4.79 Å². The van der Waals surface area contributed by atoms with Gasteiger partial charge < -0.3 is 14.7 Å². The molecule has 2 heterocycles. The lowest BCUT2D eigenvalue weighted by Crippen LogP contribution is -2.35. The number of nitrogens with zero attached hydrogens (tertiary/aromatic N) is 3. The van der Waals surface area contributed by atoms with Crippen LogP contribution in [0.5, 0.6) is 5.88 Å². The summed E-state index contributed by atoms with van der Waals surface area (Å²) in [6, 6.07) is 0. The molecular weight excluding hydrogens is 270 g/mol. The lowest BCUT2D eigenvalue weighted by Gasteiger charge is -2.25. The molecule has 0 spiro atoms. The monoisotopic (exact) mass is 293 g/mol. The molecule has 1 N–H and O–H groups in total. The molecule has 6 heteroatoms. The van der Waals surface area contributed by atoms with Crippen LogP contribution in [0.15, 0.2) is 6.33 Å². The third-order valence-corrected chi connectivity index (χ3v) is 4.13. The maximum atomic E-state index is 11.7. The van der Waals surface area contributed by atoms with E-state index in [0.29, 0.717) is 38.4 Å². The predicted molar refractivity (Wildman–Crippen MR) is 79.7 cm³/mol. The van der Waals surface area contributed by atoms with Crippen molar-refractivity contribution in [3.63, 3.8) is 0 Å². The SMILES string of the molecule is CCCC1(C(=O)O)CCN(c2ncnc(OCC)c2C)C1. The van der Waals surface area contributed by atoms with Crippen molar-refractivity contribution in [2.24, 2.45) is 5.41 Å². The maximum Gasteiger partial charge on any atom is 0.311 e. The van der Waals surface area contributed by atoms with Crippen LogP contribution in [0.3, 0.4) is 0 Å². The molecule has 116 valence electrons. The smallest absolute Gasteiger partial charge is 0.311 e. The van der Waals surface area contributed by atoms with E-state index in [2.05, 4.69) is 9.97 Å². The largest absolute Gasteiger partial charge is 0.481 e. The van der Waals surface area contributed by atoms with Crippen molar-refractivity contribution < 1.29 is 14.6 Å². The van der Waals surface area contributed by atoms with E-state index in [1.165, 1.54) is 6.33 Å². The summed E-state index contributed by atoms with van der Waals surface area (Å²) in [7, 11) is 0. The fourth-order valence-corrected chi connectivity index (χ4v) is 3.04. The van der Waals surface area contributed by atoms with Crippen molar-refractivity contribution in [1.82, 2.24) is 9.97 Å². The molecule has 1 aliphatic heterocycles. The molecule has 1 saturated heterocycles. The number of hydrogen-bond acceptors (Lipinski definition) is 5. The number of rotatable bonds is 6. The number of hydrogen-bond donors (Lipinski definition) is 1. The Morgan fingerprint density at radius 2 is 2.24 bits per heavy atom. The van der Waals surface area contributed by atoms with Crippen LogP contribution in [0, 0.1) is 12.3 Å². The Kier molecular flexibility index (Phi) is 4.65. The van der Waals surface area contributed by atoms with Crippen LogP contribution in [0.4, 0.5) is 5.82 Å². The van der Waals surface area contributed by atoms with Gasteiger partial charge in [0.25, 0.3) is 0 Å². The second kappa shape index (κ2) is 6.28. The van der Waals surface area contributed by atoms with Gasteiger partial charge in [-0.15, -0.1) is 0 Å². The number of aromatic nitrogens is 2. The molecule has 1 aromatic heterocycles. The molecule has 6 nitrogen and oxygen atoms in total. The highest BCUT2D eigenvalue weighted by molar-refractivity contribution is 5.76. The average Bonchev–Trinajstić information content (AvgIpc) is 2.87. The van der Waals surface area contributed by atoms with Crippen LogP contribution in [0.1, 0.15) is 38.7 Å². The first-order valence-corrected chi connectivity index (χ1v) is 7.47. The van der Waals surface area contributed by atoms with Gasteiger partial charge >= 0.3 is 5.97 Å². The van der Waals surface area contributed by atoms with E-state index in [4.69, 9.17) is 4.74 Å². The summed E-state index contributed by atoms with van der Waals surface area (Å²) in [6.07, 6.45) is 3.70. The highest BCUT2D eigenvalue weighted by Crippen LogP contribution is 2.38. The van der Waals surface area contributed by atoms with Gasteiger partial charge in [0.1, 0.15) is 12.1 Å². The van der Waals surface area contributed by atoms with Crippen LogP contribution in [0.25, 0.3) is 0 Å². The fraction of sp³-hybridized carbons (Fsp3) is 0.667. The normalized spacial score (nSPS) is 21.6. The average molecular weight is 293 g/mol. The standard InChI is InChI=1S/C15H23N3O3/c1-4-6-15(14(19)20)7-8-18(9-15)12-11(3)13(21-5-2)17-10-16-12/h10H,4-9H2,1-3H3,(H,19,20). The highest BCUT2D eigenvalue weighted by atomic mass is 16.5. The fourth-order valence-electron chi connectivity index (χ4n) is 3.04. The highest BCUT2D eigenvalue weighted by Gasteiger charge is 2.44. The number of ether oxygens (including phenoxy) is 1. The summed E-state index contributed by atoms with van der Waals surface area (Å²) in [5.41, 5.74) is 0.217. The van der Waals surface area contributed by atoms with Gasteiger partial charge in [-0.2, -0.15) is 0 Å². The van der Waals surface area contributed by atoms with E-state index in [1.807, 2.05) is 25.7 Å². The van der Waals surface area contributed by atoms with Crippen LogP contribution in [-0.2, 0) is 4.79 Å². The van der Waals surface area contributed by atoms with Crippen molar-refractivity contribution in [3.05, 3.63) is 11.9 Å². The van der Waals surface area contributed by atoms with E-state index in [0.717, 1.165) is 17.8 Å². The molecule has 1 aliphatic rings. The molecule has 0 radical (unpaired) electrons. The molecule has 0 bridgehead atoms. The minimum Gasteiger partial charge on any atom is -0.481 e. The molecule has 0 aromatic carbocycles. The van der Waals surface area contributed by atoms with E-state index in [1.54, 1.807) is 0 Å². The molecule has 21 heavy (non-hydrogen) atoms. The van der Waals surface area contributed by atoms with E-state index in [-0.39, 0.29) is 0 Å². The molecule has 1 atom stereocenters. The zero-order valence-electron chi connectivity index (χ0n) is 12.9. The molecule has 1 fully saturated rings. The summed E-state index contributed by atoms with van der Waals surface area (Å²) >= 11 is 0. The first-order valence-electron chi connectivity index (χ1n) is 7.47. The predicted octanol–water partition coefficient (Wildman–Crippen LogP) is 2.26. The molecule has 2 rings (SSSR count). The molecule has 0 aliphatic carbocycles. The van der Waals surface area contributed by atoms with Crippen molar-refractivity contribution in [1.29, 1.82) is 0 Å². The van der Waals surface area contributed by atoms with E-state index in [9.17, 15) is 9.90 Å². The Morgan fingerprint density at radius 1 is 1.48 bits per heavy atom. The third kappa shape index (κ3) is 2.94. The van der Waals surface area contributed by atoms with Gasteiger partial charge in [0.05, 0.1) is 17.6 Å². The molecule has 0 amide bonds. The third-order valence-electron chi connectivity index (χ3n) is 4.13. The minimum absolute atomic E-state index is 0.500. The van der Waals surface area contributed by atoms with Gasteiger partial charge in [-0.1, -0.05) is 13.3 Å². The molecular formula is C15H23N3O3. The topological polar surface area (TPSA) is 75.5 Å². The molecule has 0 saturated carbocycles. The van der Waals surface area contributed by atoms with Crippen molar-refractivity contribution in [3.8, 4) is 5.88 Å². The van der Waals surface area contributed by atoms with Crippen molar-refractivity contribution in [2.75, 3.05) is 24.6 Å². The van der Waals surface area contributed by atoms with Gasteiger partial charge in [0.2, 0.25) is 5.88 Å². The van der Waals surface area contributed by atoms with Crippen LogP contribution < -0.4 is 9.64 Å². The number of carboxylic acids is 1. The Bertz CT molecular complexity index is 521. The van der Waals surface area contributed by atoms with Crippen molar-refractivity contribution in [2.45, 2.75) is 40.0 Å². The van der Waals surface area contributed by atoms with E-state index >= 15 is 0 Å². The van der Waals surface area contributed by atoms with E-state index < -0.39 is 11.4 Å². The zero-order valence-corrected chi connectivity index (χ0v) is 12.9. The number of anilines is 1. The minimum atomic E-state index is -0.705. The quantitative estimate of drug-likeness (QED) is 0.867. The van der Waals surface area contributed by atoms with Gasteiger partial charge in [0.15, 0.2) is 0 Å². The first-order chi connectivity index (χ1) is 10.0. The molecule has 1 aromatic rings. The Hall–Kier alpha value is -1.85. The van der Waals surface area contributed by atoms with Crippen LogP contribution in [-0.4, -0.2) is 40.7 Å². The zero-order chi connectivity index (χ0) is 15.5. The lowest BCUT2D eigenvalue weighted by atomic mass is 9.83. The second-order valence-electron chi connectivity index (χ2n) is 5.57. The second-order valence-corrected chi connectivity index (χ2v) is 5.57. The maximum absolute atomic E-state index is 11.7. The van der Waals surface area contributed by atoms with Gasteiger partial charge in [0, 0.05) is 13.1 Å². The summed E-state index contributed by atoms with van der Waals surface area (Å²) in [5, 5.41) is 9.58. The number of carbonyl (C=O) groups is 1. The Balaban J connectivity index is 2.25. The summed E-state index contributed by atoms with van der Waals surface area (Å²) in [5.74, 6) is 0.655. The lowest BCUT2D eigenvalue weighted by molar-refractivity contribution is -0.148. The Labute approximate surface area is 125 Å².